The predicted octanol–water partition coefficient (Wildman–Crippen LogP) is 4.28. The summed E-state index contributed by atoms with van der Waals surface area (Å²) in [6, 6.07) is 26.1. The van der Waals surface area contributed by atoms with Crippen LogP contribution in [0.4, 0.5) is 0 Å². The quantitative estimate of drug-likeness (QED) is 0.597. The van der Waals surface area contributed by atoms with Gasteiger partial charge in [-0.15, -0.1) is 0 Å². The van der Waals surface area contributed by atoms with Gasteiger partial charge < -0.3 is 5.11 Å². The van der Waals surface area contributed by atoms with Crippen molar-refractivity contribution in [1.29, 1.82) is 0 Å². The van der Waals surface area contributed by atoms with Crippen molar-refractivity contribution in [1.82, 2.24) is 9.21 Å². The molecule has 0 amide bonds. The second-order valence-corrected chi connectivity index (χ2v) is 11.3. The summed E-state index contributed by atoms with van der Waals surface area (Å²) < 4.78 is 28.9. The Labute approximate surface area is 202 Å². The first-order valence-electron chi connectivity index (χ1n) is 12.1. The highest BCUT2D eigenvalue weighted by Crippen LogP contribution is 2.43. The molecule has 3 aromatic rings. The summed E-state index contributed by atoms with van der Waals surface area (Å²) >= 11 is 0. The summed E-state index contributed by atoms with van der Waals surface area (Å²) in [7, 11) is -3.58. The molecule has 5 rings (SSSR count). The van der Waals surface area contributed by atoms with E-state index in [-0.39, 0.29) is 24.6 Å². The second-order valence-electron chi connectivity index (χ2n) is 9.40. The maximum Gasteiger partial charge on any atom is 0.243 e. The van der Waals surface area contributed by atoms with Crippen LogP contribution in [0, 0.1) is 6.92 Å². The lowest BCUT2D eigenvalue weighted by Gasteiger charge is -2.57. The Morgan fingerprint density at radius 1 is 0.853 bits per heavy atom. The lowest BCUT2D eigenvalue weighted by Crippen LogP contribution is -2.67. The predicted molar refractivity (Wildman–Crippen MR) is 135 cm³/mol. The van der Waals surface area contributed by atoms with Crippen LogP contribution in [0.15, 0.2) is 83.8 Å². The summed E-state index contributed by atoms with van der Waals surface area (Å²) in [5.41, 5.74) is 4.26. The number of aliphatic hydroxyl groups excluding tert-OH is 1. The molecule has 1 N–H and O–H groups in total. The smallest absolute Gasteiger partial charge is 0.243 e. The molecule has 2 heterocycles. The van der Waals surface area contributed by atoms with E-state index in [4.69, 9.17) is 0 Å². The number of aliphatic hydroxyl groups is 1. The van der Waals surface area contributed by atoms with Gasteiger partial charge >= 0.3 is 0 Å². The summed E-state index contributed by atoms with van der Waals surface area (Å²) in [6.45, 7) is 3.80. The number of aryl methyl sites for hydroxylation is 1. The van der Waals surface area contributed by atoms with Crippen LogP contribution in [-0.4, -0.2) is 61.1 Å². The molecule has 0 aromatic heterocycles. The first-order valence-corrected chi connectivity index (χ1v) is 13.5. The molecular weight excluding hydrogens is 444 g/mol. The first kappa shape index (κ1) is 23.2. The minimum absolute atomic E-state index is 0.0219. The number of sulfonamides is 1. The van der Waals surface area contributed by atoms with E-state index in [1.807, 2.05) is 37.3 Å². The molecule has 5 nitrogen and oxygen atoms in total. The molecule has 0 bridgehead atoms. The van der Waals surface area contributed by atoms with E-state index >= 15 is 0 Å². The Bertz CT molecular complexity index is 1230. The molecule has 2 fully saturated rings. The highest BCUT2D eigenvalue weighted by Gasteiger charge is 2.50. The Balaban J connectivity index is 1.44. The van der Waals surface area contributed by atoms with Crippen LogP contribution >= 0.6 is 0 Å². The zero-order valence-corrected chi connectivity index (χ0v) is 20.4. The van der Waals surface area contributed by atoms with E-state index in [0.29, 0.717) is 18.0 Å². The molecule has 2 aliphatic rings. The van der Waals surface area contributed by atoms with Crippen molar-refractivity contribution in [2.75, 3.05) is 26.2 Å². The molecule has 3 atom stereocenters. The number of rotatable bonds is 5. The van der Waals surface area contributed by atoms with Gasteiger partial charge in [0.25, 0.3) is 0 Å². The molecule has 34 heavy (non-hydrogen) atoms. The van der Waals surface area contributed by atoms with Gasteiger partial charge in [-0.25, -0.2) is 8.42 Å². The Morgan fingerprint density at radius 3 is 2.21 bits per heavy atom. The lowest BCUT2D eigenvalue weighted by molar-refractivity contribution is -0.0553. The summed E-state index contributed by atoms with van der Waals surface area (Å²) in [6.07, 6.45) is 1.75. The molecule has 1 unspecified atom stereocenters. The Kier molecular flexibility index (Phi) is 6.58. The Hall–Kier alpha value is -2.51. The van der Waals surface area contributed by atoms with Crippen molar-refractivity contribution < 1.29 is 13.5 Å². The van der Waals surface area contributed by atoms with Gasteiger partial charge in [-0.3, -0.25) is 4.90 Å². The van der Waals surface area contributed by atoms with Crippen molar-refractivity contribution in [2.45, 2.75) is 42.7 Å². The largest absolute Gasteiger partial charge is 0.395 e. The van der Waals surface area contributed by atoms with Crippen LogP contribution in [0.25, 0.3) is 11.1 Å². The third-order valence-corrected chi connectivity index (χ3v) is 9.47. The van der Waals surface area contributed by atoms with Crippen molar-refractivity contribution in [3.63, 3.8) is 0 Å². The van der Waals surface area contributed by atoms with E-state index in [9.17, 15) is 13.5 Å². The fourth-order valence-corrected chi connectivity index (χ4v) is 7.36. The fourth-order valence-electron chi connectivity index (χ4n) is 5.64. The normalized spacial score (nSPS) is 24.0. The monoisotopic (exact) mass is 476 g/mol. The summed E-state index contributed by atoms with van der Waals surface area (Å²) in [5.74, 6) is 0.0995. The van der Waals surface area contributed by atoms with Crippen LogP contribution < -0.4 is 0 Å². The maximum absolute atomic E-state index is 13.6. The van der Waals surface area contributed by atoms with Gasteiger partial charge in [0.05, 0.1) is 11.5 Å². The van der Waals surface area contributed by atoms with Gasteiger partial charge in [0.15, 0.2) is 0 Å². The summed E-state index contributed by atoms with van der Waals surface area (Å²) in [4.78, 5) is 2.71. The van der Waals surface area contributed by atoms with E-state index in [1.165, 1.54) is 5.56 Å². The highest BCUT2D eigenvalue weighted by atomic mass is 32.2. The van der Waals surface area contributed by atoms with Crippen LogP contribution in [0.1, 0.15) is 29.9 Å². The minimum Gasteiger partial charge on any atom is -0.395 e. The molecule has 0 radical (unpaired) electrons. The average molecular weight is 477 g/mol. The number of hydrogen-bond acceptors (Lipinski definition) is 4. The van der Waals surface area contributed by atoms with E-state index < -0.39 is 10.0 Å². The van der Waals surface area contributed by atoms with Gasteiger partial charge in [-0.2, -0.15) is 4.31 Å². The van der Waals surface area contributed by atoms with Crippen LogP contribution in [0.2, 0.25) is 0 Å². The van der Waals surface area contributed by atoms with Gasteiger partial charge in [-0.05, 0) is 54.6 Å². The number of nitrogens with zero attached hydrogens (tertiary/aromatic N) is 2. The van der Waals surface area contributed by atoms with Gasteiger partial charge in [0, 0.05) is 31.1 Å². The second kappa shape index (κ2) is 9.62. The standard InChI is InChI=1S/C28H32N2O3S/c1-21-9-5-6-12-27(21)34(32,33)29-17-7-8-18-30-25(19-29)28(26(30)20-31)24-15-13-23(14-16-24)22-10-3-2-4-11-22/h2-6,9-16,25-26,28,31H,7-8,17-20H2,1H3/t25-,26+,28?/m0/s1. The van der Waals surface area contributed by atoms with Gasteiger partial charge in [-0.1, -0.05) is 72.8 Å². The molecule has 178 valence electrons. The van der Waals surface area contributed by atoms with Crippen LogP contribution in [0.3, 0.4) is 0 Å². The number of fused-ring (bicyclic) bond motifs is 1. The average Bonchev–Trinajstić information content (AvgIpc) is 2.84. The third-order valence-electron chi connectivity index (χ3n) is 7.45. The molecule has 0 saturated carbocycles. The van der Waals surface area contributed by atoms with Crippen molar-refractivity contribution >= 4 is 10.0 Å². The first-order chi connectivity index (χ1) is 16.5. The van der Waals surface area contributed by atoms with E-state index in [0.717, 1.165) is 36.1 Å². The molecule has 3 aromatic carbocycles. The topological polar surface area (TPSA) is 60.9 Å². The van der Waals surface area contributed by atoms with Gasteiger partial charge in [0.1, 0.15) is 0 Å². The van der Waals surface area contributed by atoms with Crippen molar-refractivity contribution in [2.24, 2.45) is 0 Å². The highest BCUT2D eigenvalue weighted by molar-refractivity contribution is 7.89. The van der Waals surface area contributed by atoms with Crippen molar-refractivity contribution in [3.05, 3.63) is 90.0 Å². The molecular formula is C28H32N2O3S. The van der Waals surface area contributed by atoms with Crippen molar-refractivity contribution in [3.8, 4) is 11.1 Å². The molecule has 2 aliphatic heterocycles. The van der Waals surface area contributed by atoms with Gasteiger partial charge in [0.2, 0.25) is 10.0 Å². The van der Waals surface area contributed by atoms with Crippen LogP contribution in [-0.2, 0) is 10.0 Å². The third kappa shape index (κ3) is 4.20. The fraction of sp³-hybridized carbons (Fsp3) is 0.357. The number of hydrogen-bond donors (Lipinski definition) is 1. The zero-order valence-electron chi connectivity index (χ0n) is 19.5. The Morgan fingerprint density at radius 2 is 1.50 bits per heavy atom. The lowest BCUT2D eigenvalue weighted by atomic mass is 9.74. The maximum atomic E-state index is 13.6. The molecule has 6 heteroatoms. The molecule has 0 aliphatic carbocycles. The number of benzene rings is 3. The SMILES string of the molecule is Cc1ccccc1S(=O)(=O)N1CCCCN2[C@H](CO)C(c3ccc(-c4ccccc4)cc3)[C@@H]2C1. The summed E-state index contributed by atoms with van der Waals surface area (Å²) in [5, 5.41) is 10.2. The van der Waals surface area contributed by atoms with E-state index in [1.54, 1.807) is 16.4 Å². The molecule has 0 spiro atoms. The zero-order chi connectivity index (χ0) is 23.7. The minimum atomic E-state index is -3.58. The molecule has 2 saturated heterocycles. The van der Waals surface area contributed by atoms with E-state index in [2.05, 4.69) is 41.3 Å². The van der Waals surface area contributed by atoms with Crippen LogP contribution in [0.5, 0.6) is 0 Å².